The van der Waals surface area contributed by atoms with Crippen molar-refractivity contribution in [1.29, 1.82) is 0 Å². The van der Waals surface area contributed by atoms with Crippen LogP contribution in [-0.4, -0.2) is 17.5 Å². The van der Waals surface area contributed by atoms with E-state index in [1.54, 1.807) is 17.8 Å². The fourth-order valence-corrected chi connectivity index (χ4v) is 5.54. The highest BCUT2D eigenvalue weighted by Crippen LogP contribution is 2.29. The summed E-state index contributed by atoms with van der Waals surface area (Å²) in [6.45, 7) is 3.62. The van der Waals surface area contributed by atoms with E-state index in [1.807, 2.05) is 72.8 Å². The fourth-order valence-electron chi connectivity index (χ4n) is 4.73. The maximum atomic E-state index is 12.9. The molecule has 0 fully saturated rings. The summed E-state index contributed by atoms with van der Waals surface area (Å²) in [6, 6.07) is 25.1. The van der Waals surface area contributed by atoms with Gasteiger partial charge in [-0.25, -0.2) is 4.79 Å². The smallest absolute Gasteiger partial charge is 0.331 e. The first-order chi connectivity index (χ1) is 20.0. The number of carbonyl (C=O) groups excluding carboxylic acids is 2. The Kier molecular flexibility index (Phi) is 11.8. The Hall–Kier alpha value is -3.64. The molecule has 0 radical (unpaired) electrons. The number of carbonyl (C=O) groups is 2. The Balaban J connectivity index is 1.31. The van der Waals surface area contributed by atoms with Gasteiger partial charge in [0.15, 0.2) is 5.76 Å². The van der Waals surface area contributed by atoms with Gasteiger partial charge < -0.3 is 9.25 Å². The van der Waals surface area contributed by atoms with Crippen LogP contribution < -0.4 is 0 Å². The van der Waals surface area contributed by atoms with Gasteiger partial charge in [0, 0.05) is 27.7 Å². The molecule has 214 valence electrons. The minimum absolute atomic E-state index is 0.131. The highest BCUT2D eigenvalue weighted by atomic mass is 32.2. The molecular weight excluding hydrogens is 530 g/mol. The monoisotopic (exact) mass is 569 g/mol. The number of fused-ring (bicyclic) bond motifs is 1. The van der Waals surface area contributed by atoms with Crippen molar-refractivity contribution in [3.63, 3.8) is 0 Å². The molecule has 0 unspecified atom stereocenters. The fraction of sp³-hybridized carbons (Fsp3) is 0.343. The Morgan fingerprint density at radius 2 is 1.34 bits per heavy atom. The van der Waals surface area contributed by atoms with Gasteiger partial charge in [0.1, 0.15) is 5.58 Å². The second kappa shape index (κ2) is 16.0. The molecule has 41 heavy (non-hydrogen) atoms. The molecule has 0 saturated carbocycles. The molecule has 4 aromatic rings. The van der Waals surface area contributed by atoms with Gasteiger partial charge in [-0.2, -0.15) is 0 Å². The van der Waals surface area contributed by atoms with E-state index < -0.39 is 5.97 Å². The largest absolute Gasteiger partial charge is 0.453 e. The summed E-state index contributed by atoms with van der Waals surface area (Å²) >= 11 is 1.62. The summed E-state index contributed by atoms with van der Waals surface area (Å²) in [4.78, 5) is 31.4. The number of ketones is 1. The summed E-state index contributed by atoms with van der Waals surface area (Å²) in [5.74, 6) is -0.200. The first-order valence-electron chi connectivity index (χ1n) is 14.7. The Morgan fingerprint density at radius 3 is 1.95 bits per heavy atom. The van der Waals surface area contributed by atoms with Gasteiger partial charge in [0.25, 0.3) is 0 Å². The molecule has 0 aliphatic carbocycles. The van der Waals surface area contributed by atoms with E-state index in [2.05, 4.69) is 12.1 Å². The van der Waals surface area contributed by atoms with E-state index >= 15 is 0 Å². The van der Waals surface area contributed by atoms with E-state index in [0.717, 1.165) is 45.7 Å². The van der Waals surface area contributed by atoms with Crippen molar-refractivity contribution in [3.05, 3.63) is 95.7 Å². The molecule has 0 N–H and O–H groups in total. The SMILES string of the molecule is CCCCCCCCCCCC(=NOC(C)=O)c1ccc(Sc2ccc(C(=O)c3cc4ccccc4o3)cc2)cc1. The van der Waals surface area contributed by atoms with Crippen molar-refractivity contribution in [3.8, 4) is 0 Å². The standard InChI is InChI=1S/C35H39NO4S/c1-3-4-5-6-7-8-9-10-11-15-32(36-40-26(2)37)27-17-21-30(22-18-27)41-31-23-19-28(20-24-31)35(38)34-25-29-14-12-13-16-33(29)39-34/h12-14,16-25H,3-11,15H2,1-2H3. The lowest BCUT2D eigenvalue weighted by Gasteiger charge is -2.08. The summed E-state index contributed by atoms with van der Waals surface area (Å²) in [5, 5.41) is 5.08. The van der Waals surface area contributed by atoms with Crippen molar-refractivity contribution in [1.82, 2.24) is 0 Å². The molecule has 4 rings (SSSR count). The summed E-state index contributed by atoms with van der Waals surface area (Å²) in [7, 11) is 0. The number of oxime groups is 1. The van der Waals surface area contributed by atoms with Crippen LogP contribution in [0.3, 0.4) is 0 Å². The van der Waals surface area contributed by atoms with Crippen LogP contribution in [0.2, 0.25) is 0 Å². The second-order valence-electron chi connectivity index (χ2n) is 10.3. The predicted molar refractivity (Wildman–Crippen MR) is 167 cm³/mol. The van der Waals surface area contributed by atoms with E-state index in [1.165, 1.54) is 51.9 Å². The van der Waals surface area contributed by atoms with Crippen LogP contribution in [0.25, 0.3) is 11.0 Å². The Labute approximate surface area is 247 Å². The van der Waals surface area contributed by atoms with Gasteiger partial charge in [-0.15, -0.1) is 0 Å². The number of benzene rings is 3. The number of hydrogen-bond acceptors (Lipinski definition) is 6. The lowest BCUT2D eigenvalue weighted by atomic mass is 10.0. The second-order valence-corrected chi connectivity index (χ2v) is 11.5. The number of nitrogens with zero attached hydrogens (tertiary/aromatic N) is 1. The molecule has 1 heterocycles. The van der Waals surface area contributed by atoms with Gasteiger partial charge in [-0.3, -0.25) is 4.79 Å². The maximum absolute atomic E-state index is 12.9. The molecular formula is C35H39NO4S. The van der Waals surface area contributed by atoms with Crippen molar-refractivity contribution >= 4 is 40.2 Å². The van der Waals surface area contributed by atoms with Crippen LogP contribution in [0.4, 0.5) is 0 Å². The van der Waals surface area contributed by atoms with Crippen molar-refractivity contribution in [2.75, 3.05) is 0 Å². The normalized spacial score (nSPS) is 11.6. The Bertz CT molecular complexity index is 1400. The van der Waals surface area contributed by atoms with Crippen LogP contribution in [0.5, 0.6) is 0 Å². The number of para-hydroxylation sites is 1. The summed E-state index contributed by atoms with van der Waals surface area (Å²) in [6.07, 6.45) is 12.1. The molecule has 0 atom stereocenters. The molecule has 0 aliphatic rings. The minimum atomic E-state index is -0.413. The lowest BCUT2D eigenvalue weighted by molar-refractivity contribution is -0.140. The van der Waals surface area contributed by atoms with Gasteiger partial charge in [-0.1, -0.05) is 106 Å². The predicted octanol–water partition coefficient (Wildman–Crippen LogP) is 10.0. The molecule has 0 aliphatic heterocycles. The maximum Gasteiger partial charge on any atom is 0.331 e. The molecule has 0 amide bonds. The van der Waals surface area contributed by atoms with E-state index in [0.29, 0.717) is 16.9 Å². The number of unbranched alkanes of at least 4 members (excludes halogenated alkanes) is 8. The highest BCUT2D eigenvalue weighted by molar-refractivity contribution is 7.99. The zero-order chi connectivity index (χ0) is 28.9. The van der Waals surface area contributed by atoms with Crippen LogP contribution in [-0.2, 0) is 9.63 Å². The third-order valence-electron chi connectivity index (χ3n) is 6.99. The van der Waals surface area contributed by atoms with E-state index in [9.17, 15) is 9.59 Å². The average molecular weight is 570 g/mol. The zero-order valence-electron chi connectivity index (χ0n) is 24.1. The molecule has 0 spiro atoms. The highest BCUT2D eigenvalue weighted by Gasteiger charge is 2.15. The molecule has 1 aromatic heterocycles. The van der Waals surface area contributed by atoms with Crippen LogP contribution >= 0.6 is 11.8 Å². The average Bonchev–Trinajstić information content (AvgIpc) is 3.43. The molecule has 3 aromatic carbocycles. The quantitative estimate of drug-likeness (QED) is 0.0441. The lowest BCUT2D eigenvalue weighted by Crippen LogP contribution is -2.04. The first kappa shape index (κ1) is 30.3. The number of rotatable bonds is 16. The minimum Gasteiger partial charge on any atom is -0.453 e. The van der Waals surface area contributed by atoms with E-state index in [4.69, 9.17) is 9.25 Å². The third-order valence-corrected chi connectivity index (χ3v) is 8.01. The third kappa shape index (κ3) is 9.46. The van der Waals surface area contributed by atoms with Crippen LogP contribution in [0.15, 0.2) is 98.2 Å². The number of hydrogen-bond donors (Lipinski definition) is 0. The molecule has 5 nitrogen and oxygen atoms in total. The van der Waals surface area contributed by atoms with E-state index in [-0.39, 0.29) is 5.78 Å². The van der Waals surface area contributed by atoms with Gasteiger partial charge in [-0.05, 0) is 66.9 Å². The molecule has 0 bridgehead atoms. The van der Waals surface area contributed by atoms with Gasteiger partial charge in [0.2, 0.25) is 5.78 Å². The van der Waals surface area contributed by atoms with Crippen LogP contribution in [0.1, 0.15) is 99.7 Å². The van der Waals surface area contributed by atoms with Gasteiger partial charge in [0.05, 0.1) is 5.71 Å². The van der Waals surface area contributed by atoms with Crippen molar-refractivity contribution < 1.29 is 18.8 Å². The first-order valence-corrected chi connectivity index (χ1v) is 15.5. The van der Waals surface area contributed by atoms with Crippen molar-refractivity contribution in [2.24, 2.45) is 5.16 Å². The summed E-state index contributed by atoms with van der Waals surface area (Å²) in [5.41, 5.74) is 3.06. The zero-order valence-corrected chi connectivity index (χ0v) is 24.9. The number of furan rings is 1. The topological polar surface area (TPSA) is 68.9 Å². The van der Waals surface area contributed by atoms with Crippen molar-refractivity contribution in [2.45, 2.75) is 87.8 Å². The molecule has 6 heteroatoms. The molecule has 0 saturated heterocycles. The summed E-state index contributed by atoms with van der Waals surface area (Å²) < 4.78 is 5.74. The van der Waals surface area contributed by atoms with Crippen LogP contribution in [0, 0.1) is 0 Å². The van der Waals surface area contributed by atoms with Gasteiger partial charge >= 0.3 is 5.97 Å². The Morgan fingerprint density at radius 1 is 0.756 bits per heavy atom.